The van der Waals surface area contributed by atoms with E-state index < -0.39 is 0 Å². The van der Waals surface area contributed by atoms with E-state index in [9.17, 15) is 0 Å². The van der Waals surface area contributed by atoms with Crippen molar-refractivity contribution in [3.05, 3.63) is 24.7 Å². The van der Waals surface area contributed by atoms with Crippen LogP contribution < -0.4 is 5.43 Å². The molecule has 1 N–H and O–H groups in total. The molecule has 0 atom stereocenters. The van der Waals surface area contributed by atoms with Gasteiger partial charge in [-0.3, -0.25) is 5.43 Å². The van der Waals surface area contributed by atoms with Crippen LogP contribution in [0.15, 0.2) is 24.7 Å². The Morgan fingerprint density at radius 2 is 2.42 bits per heavy atom. The second-order valence-corrected chi connectivity index (χ2v) is 2.44. The molecule has 6 nitrogen and oxygen atoms in total. The van der Waals surface area contributed by atoms with Crippen molar-refractivity contribution in [2.75, 3.05) is 0 Å². The number of aromatic nitrogens is 4. The molecule has 7 heteroatoms. The summed E-state index contributed by atoms with van der Waals surface area (Å²) in [6.45, 7) is 0. The molecule has 0 amide bonds. The Hall–Kier alpha value is -1.56. The highest BCUT2D eigenvalue weighted by Gasteiger charge is 2.05. The molecule has 0 aromatic carbocycles. The van der Waals surface area contributed by atoms with Gasteiger partial charge in [0.15, 0.2) is 5.82 Å². The van der Waals surface area contributed by atoms with Crippen molar-refractivity contribution >= 4 is 17.6 Å². The van der Waals surface area contributed by atoms with E-state index in [1.165, 1.54) is 15.5 Å². The van der Waals surface area contributed by atoms with Gasteiger partial charge in [0, 0.05) is 18.0 Å². The van der Waals surface area contributed by atoms with Gasteiger partial charge in [-0.05, 0) is 22.6 Å². The number of allylic oxidation sites excluding steroid dienone is 2. The molecule has 1 aromatic heterocycles. The van der Waals surface area contributed by atoms with Crippen molar-refractivity contribution in [2.24, 2.45) is 0 Å². The zero-order valence-corrected chi connectivity index (χ0v) is 6.68. The van der Waals surface area contributed by atoms with Crippen molar-refractivity contribution in [2.45, 2.75) is 0 Å². The third kappa shape index (κ3) is 1.24. The summed E-state index contributed by atoms with van der Waals surface area (Å²) in [7, 11) is 0. The number of nitrogens with one attached hydrogen (secondary N) is 1. The minimum atomic E-state index is 0.692. The smallest absolute Gasteiger partial charge is 0.150 e. The number of hydrogen-bond acceptors (Lipinski definition) is 5. The predicted molar refractivity (Wildman–Crippen MR) is 42.1 cm³/mol. The van der Waals surface area contributed by atoms with Gasteiger partial charge in [0.2, 0.25) is 0 Å². The highest BCUT2D eigenvalue weighted by molar-refractivity contribution is 6.14. The summed E-state index contributed by atoms with van der Waals surface area (Å²) in [6.07, 6.45) is 6.72. The average Bonchev–Trinajstić information content (AvgIpc) is 2.56. The van der Waals surface area contributed by atoms with E-state index in [2.05, 4.69) is 21.0 Å². The van der Waals surface area contributed by atoms with Crippen molar-refractivity contribution in [3.63, 3.8) is 0 Å². The number of tetrazole rings is 1. The van der Waals surface area contributed by atoms with Crippen LogP contribution in [0, 0.1) is 0 Å². The lowest BCUT2D eigenvalue weighted by molar-refractivity contribution is 0.504. The van der Waals surface area contributed by atoms with Gasteiger partial charge >= 0.3 is 0 Å². The summed E-state index contributed by atoms with van der Waals surface area (Å²) in [4.78, 5) is 0. The summed E-state index contributed by atoms with van der Waals surface area (Å²) in [6, 6.07) is 0. The fourth-order valence-corrected chi connectivity index (χ4v) is 0.945. The molecular formula is C5H5ClN6. The molecule has 12 heavy (non-hydrogen) atoms. The Morgan fingerprint density at radius 3 is 3.08 bits per heavy atom. The van der Waals surface area contributed by atoms with Crippen molar-refractivity contribution in [1.82, 2.24) is 30.2 Å². The van der Waals surface area contributed by atoms with Crippen LogP contribution in [0.1, 0.15) is 0 Å². The van der Waals surface area contributed by atoms with Gasteiger partial charge in [-0.2, -0.15) is 4.68 Å². The number of rotatable bonds is 1. The zero-order chi connectivity index (χ0) is 8.39. The molecule has 62 valence electrons. The van der Waals surface area contributed by atoms with E-state index in [1.54, 1.807) is 18.4 Å². The number of halogens is 1. The van der Waals surface area contributed by atoms with Crippen LogP contribution in [0.4, 0.5) is 0 Å². The largest absolute Gasteiger partial charge is 0.267 e. The van der Waals surface area contributed by atoms with Gasteiger partial charge in [-0.1, -0.05) is 0 Å². The summed E-state index contributed by atoms with van der Waals surface area (Å²) < 4.78 is 2.76. The fraction of sp³-hybridized carbons (Fsp3) is 0. The first kappa shape index (κ1) is 7.11. The van der Waals surface area contributed by atoms with Crippen molar-refractivity contribution in [3.8, 4) is 0 Å². The maximum absolute atomic E-state index is 5.64. The molecule has 0 fully saturated rings. The maximum atomic E-state index is 5.64. The lowest BCUT2D eigenvalue weighted by atomic mass is 10.5. The molecule has 0 saturated heterocycles. The fourth-order valence-electron chi connectivity index (χ4n) is 0.793. The molecule has 0 spiro atoms. The Labute approximate surface area is 73.2 Å². The predicted octanol–water partition coefficient (Wildman–Crippen LogP) is -0.0408. The Morgan fingerprint density at radius 1 is 1.50 bits per heavy atom. The van der Waals surface area contributed by atoms with Crippen LogP contribution in [0.5, 0.6) is 0 Å². The molecule has 0 radical (unpaired) electrons. The van der Waals surface area contributed by atoms with E-state index in [0.29, 0.717) is 5.82 Å². The number of hydrogen-bond donors (Lipinski definition) is 1. The lowest BCUT2D eigenvalue weighted by Crippen LogP contribution is -2.28. The molecule has 0 aliphatic carbocycles. The van der Waals surface area contributed by atoms with Crippen molar-refractivity contribution in [1.29, 1.82) is 0 Å². The highest BCUT2D eigenvalue weighted by Crippen LogP contribution is 2.05. The van der Waals surface area contributed by atoms with Gasteiger partial charge in [-0.15, -0.1) is 5.10 Å². The Kier molecular flexibility index (Phi) is 1.67. The van der Waals surface area contributed by atoms with Gasteiger partial charge in [0.1, 0.15) is 6.33 Å². The number of hydrazine groups is 1. The third-order valence-corrected chi connectivity index (χ3v) is 1.49. The first-order chi connectivity index (χ1) is 5.86. The number of nitrogens with zero attached hydrogens (tertiary/aromatic N) is 5. The molecule has 1 aliphatic heterocycles. The van der Waals surface area contributed by atoms with Gasteiger partial charge in [0.05, 0.1) is 0 Å². The second-order valence-electron chi connectivity index (χ2n) is 2.07. The van der Waals surface area contributed by atoms with E-state index in [1.807, 2.05) is 0 Å². The average molecular weight is 185 g/mol. The standard InChI is InChI=1S/C5H5ClN6/c6-12-3-1-2-5(8-12)11-4-7-9-10-11/h1-4,8H. The van der Waals surface area contributed by atoms with E-state index >= 15 is 0 Å². The first-order valence-electron chi connectivity index (χ1n) is 3.20. The van der Waals surface area contributed by atoms with Crippen LogP contribution in [0.25, 0.3) is 5.82 Å². The van der Waals surface area contributed by atoms with Crippen molar-refractivity contribution < 1.29 is 0 Å². The molecule has 2 rings (SSSR count). The topological polar surface area (TPSA) is 58.9 Å². The Bertz CT molecular complexity index is 315. The third-order valence-electron chi connectivity index (χ3n) is 1.29. The molecular weight excluding hydrogens is 180 g/mol. The maximum Gasteiger partial charge on any atom is 0.150 e. The summed E-state index contributed by atoms with van der Waals surface area (Å²) in [5.41, 5.74) is 2.81. The van der Waals surface area contributed by atoms with Crippen LogP contribution in [0.3, 0.4) is 0 Å². The van der Waals surface area contributed by atoms with Gasteiger partial charge in [-0.25, -0.2) is 4.53 Å². The van der Waals surface area contributed by atoms with Gasteiger partial charge in [0.25, 0.3) is 0 Å². The zero-order valence-electron chi connectivity index (χ0n) is 5.92. The molecule has 0 saturated carbocycles. The van der Waals surface area contributed by atoms with E-state index in [4.69, 9.17) is 11.8 Å². The van der Waals surface area contributed by atoms with E-state index in [-0.39, 0.29) is 0 Å². The quantitative estimate of drug-likeness (QED) is 0.621. The van der Waals surface area contributed by atoms with Crippen LogP contribution in [0.2, 0.25) is 0 Å². The SMILES string of the molecule is ClN1C=CC=C(n2cnnn2)N1. The van der Waals surface area contributed by atoms with Gasteiger partial charge < -0.3 is 0 Å². The minimum absolute atomic E-state index is 0.692. The lowest BCUT2D eigenvalue weighted by Gasteiger charge is -2.18. The minimum Gasteiger partial charge on any atom is -0.267 e. The summed E-state index contributed by atoms with van der Waals surface area (Å²) in [5, 5.41) is 10.7. The Balaban J connectivity index is 2.26. The monoisotopic (exact) mass is 184 g/mol. The summed E-state index contributed by atoms with van der Waals surface area (Å²) >= 11 is 5.64. The molecule has 0 unspecified atom stereocenters. The first-order valence-corrected chi connectivity index (χ1v) is 3.53. The van der Waals surface area contributed by atoms with E-state index in [0.717, 1.165) is 0 Å². The normalized spacial score (nSPS) is 15.8. The molecule has 1 aromatic rings. The molecule has 2 heterocycles. The second kappa shape index (κ2) is 2.82. The molecule has 0 bridgehead atoms. The highest BCUT2D eigenvalue weighted by atomic mass is 35.5. The summed E-state index contributed by atoms with van der Waals surface area (Å²) in [5.74, 6) is 0.692. The van der Waals surface area contributed by atoms with Crippen LogP contribution in [-0.2, 0) is 0 Å². The van der Waals surface area contributed by atoms with Crippen LogP contribution in [-0.4, -0.2) is 24.7 Å². The van der Waals surface area contributed by atoms with Crippen LogP contribution >= 0.6 is 11.8 Å². The molecule has 1 aliphatic rings.